The molecule has 0 spiro atoms. The van der Waals surface area contributed by atoms with E-state index in [1.807, 2.05) is 12.1 Å². The van der Waals surface area contributed by atoms with E-state index in [0.29, 0.717) is 6.04 Å². The summed E-state index contributed by atoms with van der Waals surface area (Å²) in [6.45, 7) is 2.27. The molecule has 0 aliphatic heterocycles. The molecular weight excluding hydrogens is 294 g/mol. The normalized spacial score (nSPS) is 16.8. The molecule has 1 N–H and O–H groups in total. The number of benzene rings is 1. The van der Waals surface area contributed by atoms with Crippen molar-refractivity contribution in [2.45, 2.75) is 38.3 Å². The maximum Gasteiger partial charge on any atom is 0.317 e. The molecule has 2 rings (SSSR count). The Bertz CT molecular complexity index is 414. The van der Waals surface area contributed by atoms with E-state index in [2.05, 4.69) is 39.9 Å². The van der Waals surface area contributed by atoms with Crippen molar-refractivity contribution in [1.29, 1.82) is 0 Å². The fourth-order valence-electron chi connectivity index (χ4n) is 2.29. The zero-order valence-corrected chi connectivity index (χ0v) is 12.1. The van der Waals surface area contributed by atoms with Crippen LogP contribution in [-0.4, -0.2) is 34.6 Å². The van der Waals surface area contributed by atoms with Crippen LogP contribution in [-0.2, 0) is 11.2 Å². The number of aliphatic carboxylic acids is 1. The predicted molar refractivity (Wildman–Crippen MR) is 74.7 cm³/mol. The summed E-state index contributed by atoms with van der Waals surface area (Å²) in [5, 5.41) is 8.96. The van der Waals surface area contributed by atoms with E-state index in [9.17, 15) is 4.79 Å². The Labute approximate surface area is 116 Å². The van der Waals surface area contributed by atoms with E-state index in [-0.39, 0.29) is 12.6 Å². The van der Waals surface area contributed by atoms with E-state index in [1.54, 1.807) is 0 Å². The highest BCUT2D eigenvalue weighted by molar-refractivity contribution is 9.10. The number of carboxylic acid groups (broad SMARTS) is 1. The molecule has 1 aliphatic carbocycles. The van der Waals surface area contributed by atoms with Gasteiger partial charge in [-0.1, -0.05) is 28.1 Å². The smallest absolute Gasteiger partial charge is 0.317 e. The molecular formula is C14H18BrNO2. The fourth-order valence-corrected chi connectivity index (χ4v) is 2.55. The van der Waals surface area contributed by atoms with Crippen LogP contribution >= 0.6 is 15.9 Å². The van der Waals surface area contributed by atoms with Gasteiger partial charge in [-0.3, -0.25) is 9.69 Å². The highest BCUT2D eigenvalue weighted by atomic mass is 79.9. The number of carboxylic acids is 1. The lowest BCUT2D eigenvalue weighted by Crippen LogP contribution is -2.40. The number of carbonyl (C=O) groups is 1. The molecule has 1 aromatic carbocycles. The SMILES string of the molecule is CC(Cc1ccc(Br)cc1)N(CC(=O)O)C1CC1. The summed E-state index contributed by atoms with van der Waals surface area (Å²) in [5.41, 5.74) is 1.25. The molecule has 4 heteroatoms. The molecule has 1 atom stereocenters. The lowest BCUT2D eigenvalue weighted by atomic mass is 10.1. The lowest BCUT2D eigenvalue weighted by Gasteiger charge is -2.27. The van der Waals surface area contributed by atoms with Crippen LogP contribution in [0.15, 0.2) is 28.7 Å². The first-order valence-corrected chi connectivity index (χ1v) is 7.07. The summed E-state index contributed by atoms with van der Waals surface area (Å²) in [7, 11) is 0. The monoisotopic (exact) mass is 311 g/mol. The van der Waals surface area contributed by atoms with Crippen LogP contribution in [0.2, 0.25) is 0 Å². The number of rotatable bonds is 6. The second-order valence-corrected chi connectivity index (χ2v) is 5.89. The molecule has 0 radical (unpaired) electrons. The third kappa shape index (κ3) is 3.82. The predicted octanol–water partition coefficient (Wildman–Crippen LogP) is 2.93. The molecule has 0 saturated heterocycles. The molecule has 0 bridgehead atoms. The maximum absolute atomic E-state index is 10.9. The molecule has 1 fully saturated rings. The minimum atomic E-state index is -0.732. The zero-order valence-electron chi connectivity index (χ0n) is 10.5. The summed E-state index contributed by atoms with van der Waals surface area (Å²) in [5.74, 6) is -0.732. The largest absolute Gasteiger partial charge is 0.480 e. The first kappa shape index (κ1) is 13.6. The molecule has 3 nitrogen and oxygen atoms in total. The molecule has 1 aromatic rings. The standard InChI is InChI=1S/C14H18BrNO2/c1-10(8-11-2-4-12(15)5-3-11)16(9-14(17)18)13-6-7-13/h2-5,10,13H,6-9H2,1H3,(H,17,18). The van der Waals surface area contributed by atoms with Crippen LogP contribution in [0.4, 0.5) is 0 Å². The van der Waals surface area contributed by atoms with Crippen LogP contribution in [0.25, 0.3) is 0 Å². The van der Waals surface area contributed by atoms with Crippen LogP contribution < -0.4 is 0 Å². The van der Waals surface area contributed by atoms with Gasteiger partial charge in [0.2, 0.25) is 0 Å². The van der Waals surface area contributed by atoms with Crippen molar-refractivity contribution >= 4 is 21.9 Å². The highest BCUT2D eigenvalue weighted by Gasteiger charge is 2.33. The van der Waals surface area contributed by atoms with Gasteiger partial charge in [0.05, 0.1) is 6.54 Å². The molecule has 1 unspecified atom stereocenters. The summed E-state index contributed by atoms with van der Waals surface area (Å²) < 4.78 is 1.07. The van der Waals surface area contributed by atoms with Crippen molar-refractivity contribution in [2.24, 2.45) is 0 Å². The molecule has 1 aliphatic rings. The van der Waals surface area contributed by atoms with Gasteiger partial charge in [-0.05, 0) is 43.9 Å². The minimum absolute atomic E-state index is 0.155. The third-order valence-corrected chi connectivity index (χ3v) is 3.87. The summed E-state index contributed by atoms with van der Waals surface area (Å²) >= 11 is 3.42. The van der Waals surface area contributed by atoms with Gasteiger partial charge in [0.25, 0.3) is 0 Å². The van der Waals surface area contributed by atoms with Gasteiger partial charge >= 0.3 is 5.97 Å². The van der Waals surface area contributed by atoms with Gasteiger partial charge < -0.3 is 5.11 Å². The van der Waals surface area contributed by atoms with Crippen molar-refractivity contribution in [2.75, 3.05) is 6.54 Å². The van der Waals surface area contributed by atoms with E-state index in [4.69, 9.17) is 5.11 Å². The second-order valence-electron chi connectivity index (χ2n) is 4.98. The minimum Gasteiger partial charge on any atom is -0.480 e. The number of halogens is 1. The average Bonchev–Trinajstić information content (AvgIpc) is 3.12. The molecule has 0 aromatic heterocycles. The molecule has 0 heterocycles. The number of hydrogen-bond donors (Lipinski definition) is 1. The topological polar surface area (TPSA) is 40.5 Å². The van der Waals surface area contributed by atoms with Crippen LogP contribution in [0, 0.1) is 0 Å². The average molecular weight is 312 g/mol. The van der Waals surface area contributed by atoms with E-state index >= 15 is 0 Å². The van der Waals surface area contributed by atoms with Crippen molar-refractivity contribution < 1.29 is 9.90 Å². The first-order valence-electron chi connectivity index (χ1n) is 6.28. The van der Waals surface area contributed by atoms with E-state index < -0.39 is 5.97 Å². The van der Waals surface area contributed by atoms with Crippen LogP contribution in [0.3, 0.4) is 0 Å². The van der Waals surface area contributed by atoms with Crippen molar-refractivity contribution in [1.82, 2.24) is 4.90 Å². The Balaban J connectivity index is 1.97. The molecule has 1 saturated carbocycles. The lowest BCUT2D eigenvalue weighted by molar-refractivity contribution is -0.139. The quantitative estimate of drug-likeness (QED) is 0.878. The van der Waals surface area contributed by atoms with E-state index in [1.165, 1.54) is 5.56 Å². The molecule has 98 valence electrons. The third-order valence-electron chi connectivity index (χ3n) is 3.34. The van der Waals surface area contributed by atoms with Gasteiger partial charge in [0.15, 0.2) is 0 Å². The van der Waals surface area contributed by atoms with Crippen LogP contribution in [0.5, 0.6) is 0 Å². The van der Waals surface area contributed by atoms with Gasteiger partial charge in [0.1, 0.15) is 0 Å². The number of hydrogen-bond acceptors (Lipinski definition) is 2. The second kappa shape index (κ2) is 5.85. The van der Waals surface area contributed by atoms with Crippen molar-refractivity contribution in [3.05, 3.63) is 34.3 Å². The Hall–Kier alpha value is -0.870. The Kier molecular flexibility index (Phi) is 4.40. The zero-order chi connectivity index (χ0) is 13.1. The molecule has 18 heavy (non-hydrogen) atoms. The fraction of sp³-hybridized carbons (Fsp3) is 0.500. The van der Waals surface area contributed by atoms with E-state index in [0.717, 1.165) is 23.7 Å². The Morgan fingerprint density at radius 2 is 2.06 bits per heavy atom. The van der Waals surface area contributed by atoms with Crippen molar-refractivity contribution in [3.63, 3.8) is 0 Å². The van der Waals surface area contributed by atoms with Gasteiger partial charge in [-0.2, -0.15) is 0 Å². The maximum atomic E-state index is 10.9. The van der Waals surface area contributed by atoms with Gasteiger partial charge in [0, 0.05) is 16.6 Å². The first-order chi connectivity index (χ1) is 8.56. The van der Waals surface area contributed by atoms with Crippen molar-refractivity contribution in [3.8, 4) is 0 Å². The number of nitrogens with zero attached hydrogens (tertiary/aromatic N) is 1. The summed E-state index contributed by atoms with van der Waals surface area (Å²) in [6, 6.07) is 8.99. The Morgan fingerprint density at radius 1 is 1.44 bits per heavy atom. The highest BCUT2D eigenvalue weighted by Crippen LogP contribution is 2.29. The van der Waals surface area contributed by atoms with Gasteiger partial charge in [-0.25, -0.2) is 0 Å². The summed E-state index contributed by atoms with van der Waals surface area (Å²) in [6.07, 6.45) is 3.17. The van der Waals surface area contributed by atoms with Crippen LogP contribution in [0.1, 0.15) is 25.3 Å². The Morgan fingerprint density at radius 3 is 2.56 bits per heavy atom. The molecule has 0 amide bonds. The van der Waals surface area contributed by atoms with Gasteiger partial charge in [-0.15, -0.1) is 0 Å². The summed E-state index contributed by atoms with van der Waals surface area (Å²) in [4.78, 5) is 13.0.